The summed E-state index contributed by atoms with van der Waals surface area (Å²) in [7, 11) is 0. The highest BCUT2D eigenvalue weighted by Crippen LogP contribution is 2.28. The van der Waals surface area contributed by atoms with Gasteiger partial charge in [-0.05, 0) is 30.8 Å². The van der Waals surface area contributed by atoms with Gasteiger partial charge in [-0.25, -0.2) is 0 Å². The molecule has 0 aliphatic rings. The molecule has 0 radical (unpaired) electrons. The molecule has 0 saturated heterocycles. The normalized spacial score (nSPS) is 9.79. The van der Waals surface area contributed by atoms with Crippen LogP contribution < -0.4 is 0 Å². The number of benzene rings is 1. The van der Waals surface area contributed by atoms with E-state index in [1.807, 2.05) is 0 Å². The molecule has 0 bridgehead atoms. The standard InChI is InChI=1S/C10H10O3S/c1-7(11)6-10(13)14-9-5-3-2-4-8(9)12/h2-5,12H,6H2,1H3. The van der Waals surface area contributed by atoms with E-state index in [2.05, 4.69) is 0 Å². The Kier molecular flexibility index (Phi) is 3.71. The second kappa shape index (κ2) is 4.81. The van der Waals surface area contributed by atoms with Crippen molar-refractivity contribution in [2.75, 3.05) is 0 Å². The molecule has 0 aliphatic carbocycles. The first kappa shape index (κ1) is 10.8. The number of carbonyl (C=O) groups excluding carboxylic acids is 2. The Morgan fingerprint density at radius 2 is 2.00 bits per heavy atom. The van der Waals surface area contributed by atoms with Crippen LogP contribution in [0.3, 0.4) is 0 Å². The van der Waals surface area contributed by atoms with Crippen LogP contribution in [0.5, 0.6) is 5.75 Å². The number of hydrogen-bond donors (Lipinski definition) is 1. The third kappa shape index (κ3) is 3.22. The Morgan fingerprint density at radius 3 is 2.57 bits per heavy atom. The summed E-state index contributed by atoms with van der Waals surface area (Å²) in [6, 6.07) is 6.54. The summed E-state index contributed by atoms with van der Waals surface area (Å²) < 4.78 is 0. The van der Waals surface area contributed by atoms with E-state index in [4.69, 9.17) is 0 Å². The number of thioether (sulfide) groups is 1. The number of para-hydroxylation sites is 1. The number of rotatable bonds is 3. The first-order valence-electron chi connectivity index (χ1n) is 4.07. The predicted molar refractivity (Wildman–Crippen MR) is 54.3 cm³/mol. The summed E-state index contributed by atoms with van der Waals surface area (Å²) in [5, 5.41) is 9.08. The Bertz CT molecular complexity index is 360. The lowest BCUT2D eigenvalue weighted by Gasteiger charge is -2.00. The minimum atomic E-state index is -0.251. The van der Waals surface area contributed by atoms with Crippen LogP contribution in [0.4, 0.5) is 0 Å². The first-order chi connectivity index (χ1) is 6.59. The van der Waals surface area contributed by atoms with Crippen LogP contribution in [-0.2, 0) is 9.59 Å². The van der Waals surface area contributed by atoms with E-state index in [1.165, 1.54) is 13.0 Å². The fourth-order valence-electron chi connectivity index (χ4n) is 0.905. The molecule has 0 spiro atoms. The van der Waals surface area contributed by atoms with E-state index in [1.54, 1.807) is 18.2 Å². The van der Waals surface area contributed by atoms with Crippen molar-refractivity contribution in [1.82, 2.24) is 0 Å². The van der Waals surface area contributed by atoms with Gasteiger partial charge in [0.1, 0.15) is 11.5 Å². The van der Waals surface area contributed by atoms with Crippen molar-refractivity contribution < 1.29 is 14.7 Å². The SMILES string of the molecule is CC(=O)CC(=O)Sc1ccccc1O. The zero-order chi connectivity index (χ0) is 10.6. The van der Waals surface area contributed by atoms with Crippen LogP contribution in [0.2, 0.25) is 0 Å². The van der Waals surface area contributed by atoms with Gasteiger partial charge in [0.05, 0.1) is 11.3 Å². The van der Waals surface area contributed by atoms with Crippen molar-refractivity contribution in [3.63, 3.8) is 0 Å². The Labute approximate surface area is 86.1 Å². The van der Waals surface area contributed by atoms with E-state index in [-0.39, 0.29) is 23.1 Å². The van der Waals surface area contributed by atoms with Crippen LogP contribution in [0.15, 0.2) is 29.2 Å². The van der Waals surface area contributed by atoms with Gasteiger partial charge in [-0.15, -0.1) is 0 Å². The number of ketones is 1. The summed E-state index contributed by atoms with van der Waals surface area (Å²) in [6.07, 6.45) is -0.0982. The lowest BCUT2D eigenvalue weighted by molar-refractivity contribution is -0.121. The molecule has 3 nitrogen and oxygen atoms in total. The molecule has 1 aromatic carbocycles. The molecular weight excluding hydrogens is 200 g/mol. The fourth-order valence-corrected chi connectivity index (χ4v) is 1.75. The first-order valence-corrected chi connectivity index (χ1v) is 4.89. The lowest BCUT2D eigenvalue weighted by atomic mass is 10.3. The van der Waals surface area contributed by atoms with Crippen molar-refractivity contribution in [2.45, 2.75) is 18.2 Å². The minimum Gasteiger partial charge on any atom is -0.507 e. The Hall–Kier alpha value is -1.29. The Balaban J connectivity index is 2.65. The van der Waals surface area contributed by atoms with Crippen LogP contribution in [0.25, 0.3) is 0 Å². The van der Waals surface area contributed by atoms with E-state index >= 15 is 0 Å². The zero-order valence-corrected chi connectivity index (χ0v) is 8.50. The summed E-state index contributed by atoms with van der Waals surface area (Å²) in [6.45, 7) is 1.36. The summed E-state index contributed by atoms with van der Waals surface area (Å²) in [5.74, 6) is -0.104. The van der Waals surface area contributed by atoms with Gasteiger partial charge < -0.3 is 5.11 Å². The van der Waals surface area contributed by atoms with Crippen LogP contribution in [0.1, 0.15) is 13.3 Å². The fraction of sp³-hybridized carbons (Fsp3) is 0.200. The predicted octanol–water partition coefficient (Wildman–Crippen LogP) is 1.99. The number of phenols is 1. The smallest absolute Gasteiger partial charge is 0.201 e. The molecule has 4 heteroatoms. The van der Waals surface area contributed by atoms with E-state index in [0.29, 0.717) is 4.90 Å². The highest BCUT2D eigenvalue weighted by molar-refractivity contribution is 8.13. The summed E-state index contributed by atoms with van der Waals surface area (Å²) in [4.78, 5) is 22.3. The third-order valence-corrected chi connectivity index (χ3v) is 2.42. The topological polar surface area (TPSA) is 54.4 Å². The Morgan fingerprint density at radius 1 is 1.36 bits per heavy atom. The molecule has 14 heavy (non-hydrogen) atoms. The molecule has 0 saturated carbocycles. The number of carbonyl (C=O) groups is 2. The maximum absolute atomic E-state index is 11.2. The highest BCUT2D eigenvalue weighted by atomic mass is 32.2. The third-order valence-electron chi connectivity index (χ3n) is 1.48. The molecule has 0 amide bonds. The molecule has 1 rings (SSSR count). The number of hydrogen-bond acceptors (Lipinski definition) is 4. The summed E-state index contributed by atoms with van der Waals surface area (Å²) >= 11 is 0.889. The second-order valence-corrected chi connectivity index (χ2v) is 3.92. The lowest BCUT2D eigenvalue weighted by Crippen LogP contribution is -1.99. The van der Waals surface area contributed by atoms with E-state index in [0.717, 1.165) is 11.8 Å². The van der Waals surface area contributed by atoms with Crippen molar-refractivity contribution in [1.29, 1.82) is 0 Å². The van der Waals surface area contributed by atoms with Gasteiger partial charge in [0, 0.05) is 0 Å². The minimum absolute atomic E-state index is 0.0643. The van der Waals surface area contributed by atoms with Gasteiger partial charge in [0.15, 0.2) is 0 Å². The quantitative estimate of drug-likeness (QED) is 0.612. The van der Waals surface area contributed by atoms with Crippen molar-refractivity contribution in [2.24, 2.45) is 0 Å². The van der Waals surface area contributed by atoms with E-state index < -0.39 is 0 Å². The monoisotopic (exact) mass is 210 g/mol. The number of Topliss-reactive ketones (excluding diaryl/α,β-unsaturated/α-hetero) is 1. The van der Waals surface area contributed by atoms with Gasteiger partial charge in [-0.1, -0.05) is 12.1 Å². The van der Waals surface area contributed by atoms with Crippen LogP contribution >= 0.6 is 11.8 Å². The number of phenolic OH excluding ortho intramolecular Hbond substituents is 1. The van der Waals surface area contributed by atoms with Crippen molar-refractivity contribution in [3.05, 3.63) is 24.3 Å². The second-order valence-electron chi connectivity index (χ2n) is 2.82. The van der Waals surface area contributed by atoms with Crippen LogP contribution in [0, 0.1) is 0 Å². The number of aromatic hydroxyl groups is 1. The maximum Gasteiger partial charge on any atom is 0.201 e. The van der Waals surface area contributed by atoms with Crippen molar-refractivity contribution in [3.8, 4) is 5.75 Å². The maximum atomic E-state index is 11.2. The van der Waals surface area contributed by atoms with Crippen molar-refractivity contribution >= 4 is 22.7 Å². The van der Waals surface area contributed by atoms with Gasteiger partial charge in [0.2, 0.25) is 5.12 Å². The molecular formula is C10H10O3S. The molecule has 1 N–H and O–H groups in total. The molecule has 1 aromatic rings. The van der Waals surface area contributed by atoms with E-state index in [9.17, 15) is 14.7 Å². The van der Waals surface area contributed by atoms with Gasteiger partial charge in [-0.2, -0.15) is 0 Å². The zero-order valence-electron chi connectivity index (χ0n) is 7.69. The molecule has 0 atom stereocenters. The van der Waals surface area contributed by atoms with Crippen LogP contribution in [-0.4, -0.2) is 16.0 Å². The van der Waals surface area contributed by atoms with Gasteiger partial charge in [0.25, 0.3) is 0 Å². The molecule has 0 aromatic heterocycles. The average molecular weight is 210 g/mol. The summed E-state index contributed by atoms with van der Waals surface area (Å²) in [5.41, 5.74) is 0. The molecule has 0 aliphatic heterocycles. The average Bonchev–Trinajstić information content (AvgIpc) is 2.07. The largest absolute Gasteiger partial charge is 0.507 e. The van der Waals surface area contributed by atoms with Gasteiger partial charge >= 0.3 is 0 Å². The molecule has 0 unspecified atom stereocenters. The molecule has 0 heterocycles. The molecule has 0 fully saturated rings. The highest BCUT2D eigenvalue weighted by Gasteiger charge is 2.09. The molecule has 74 valence electrons. The van der Waals surface area contributed by atoms with Gasteiger partial charge in [-0.3, -0.25) is 9.59 Å².